The third kappa shape index (κ3) is 0.802. The second-order valence-electron chi connectivity index (χ2n) is 4.56. The topological polar surface area (TPSA) is 4.93 Å². The van der Waals surface area contributed by atoms with Gasteiger partial charge in [-0.25, -0.2) is 0 Å². The minimum Gasteiger partial charge on any atom is -0.350 e. The van der Waals surface area contributed by atoms with Crippen molar-refractivity contribution < 1.29 is 0 Å². The Hall–Kier alpha value is -1.24. The summed E-state index contributed by atoms with van der Waals surface area (Å²) < 4.78 is 2.23. The van der Waals surface area contributed by atoms with Crippen LogP contribution in [0.5, 0.6) is 0 Å². The molecule has 0 spiro atoms. The van der Waals surface area contributed by atoms with Crippen LogP contribution in [-0.4, -0.2) is 4.57 Å². The average Bonchev–Trinajstić information content (AvgIpc) is 2.39. The molecule has 1 nitrogen and oxygen atoms in total. The summed E-state index contributed by atoms with van der Waals surface area (Å²) in [5.41, 5.74) is 5.96. The standard InChI is InChI=1S/C13H15N/c1-8-6-10-4-5-11-13(12(8)10)9(2)7-14(11)3/h4-5,7-8H,6H2,1-3H3/t8-/m0/s1. The maximum atomic E-state index is 2.33. The molecule has 1 heteroatoms. The Kier molecular flexibility index (Phi) is 1.40. The molecule has 0 amide bonds. The molecule has 1 aromatic carbocycles. The summed E-state index contributed by atoms with van der Waals surface area (Å²) in [6, 6.07) is 4.55. The summed E-state index contributed by atoms with van der Waals surface area (Å²) in [6.45, 7) is 4.54. The number of hydrogen-bond donors (Lipinski definition) is 0. The Bertz CT molecular complexity index is 520. The Morgan fingerprint density at radius 3 is 2.86 bits per heavy atom. The van der Waals surface area contributed by atoms with Crippen LogP contribution in [0.1, 0.15) is 29.5 Å². The monoisotopic (exact) mass is 185 g/mol. The van der Waals surface area contributed by atoms with E-state index in [4.69, 9.17) is 0 Å². The number of aryl methyl sites for hydroxylation is 2. The van der Waals surface area contributed by atoms with Gasteiger partial charge in [0.1, 0.15) is 0 Å². The van der Waals surface area contributed by atoms with Gasteiger partial charge in [0.25, 0.3) is 0 Å². The lowest BCUT2D eigenvalue weighted by molar-refractivity contribution is 0.675. The SMILES string of the molecule is Cc1cn(C)c2ccc3c(c12)[C@@H](C)C3. The molecule has 1 heterocycles. The summed E-state index contributed by atoms with van der Waals surface area (Å²) in [5.74, 6) is 0.759. The van der Waals surface area contributed by atoms with Crippen molar-refractivity contribution in [2.45, 2.75) is 26.2 Å². The van der Waals surface area contributed by atoms with Gasteiger partial charge in [-0.2, -0.15) is 0 Å². The fraction of sp³-hybridized carbons (Fsp3) is 0.385. The summed E-state index contributed by atoms with van der Waals surface area (Å²) in [4.78, 5) is 0. The third-order valence-corrected chi connectivity index (χ3v) is 3.49. The van der Waals surface area contributed by atoms with E-state index in [0.717, 1.165) is 5.92 Å². The molecule has 0 fully saturated rings. The second kappa shape index (κ2) is 2.41. The Labute approximate surface area is 84.4 Å². The molecule has 1 aromatic heterocycles. The van der Waals surface area contributed by atoms with Crippen molar-refractivity contribution in [2.24, 2.45) is 7.05 Å². The molecule has 1 atom stereocenters. The molecular weight excluding hydrogens is 170 g/mol. The van der Waals surface area contributed by atoms with Gasteiger partial charge in [-0.15, -0.1) is 0 Å². The highest BCUT2D eigenvalue weighted by Gasteiger charge is 2.25. The van der Waals surface area contributed by atoms with E-state index < -0.39 is 0 Å². The molecule has 0 saturated carbocycles. The normalized spacial score (nSPS) is 19.5. The number of nitrogens with zero attached hydrogens (tertiary/aromatic N) is 1. The lowest BCUT2D eigenvalue weighted by atomic mass is 9.76. The first-order valence-electron chi connectivity index (χ1n) is 5.26. The number of aromatic nitrogens is 1. The number of fused-ring (bicyclic) bond motifs is 3. The quantitative estimate of drug-likeness (QED) is 0.594. The predicted molar refractivity (Wildman–Crippen MR) is 59.8 cm³/mol. The molecule has 0 radical (unpaired) electrons. The molecule has 14 heavy (non-hydrogen) atoms. The van der Waals surface area contributed by atoms with Gasteiger partial charge >= 0.3 is 0 Å². The second-order valence-corrected chi connectivity index (χ2v) is 4.56. The molecule has 0 saturated heterocycles. The molecule has 0 N–H and O–H groups in total. The predicted octanol–water partition coefficient (Wildman–Crippen LogP) is 3.15. The van der Waals surface area contributed by atoms with Crippen LogP contribution in [0.3, 0.4) is 0 Å². The molecule has 72 valence electrons. The summed E-state index contributed by atoms with van der Waals surface area (Å²) >= 11 is 0. The highest BCUT2D eigenvalue weighted by Crippen LogP contribution is 2.41. The van der Waals surface area contributed by atoms with Gasteiger partial charge in [-0.3, -0.25) is 0 Å². The fourth-order valence-electron chi connectivity index (χ4n) is 2.83. The zero-order valence-electron chi connectivity index (χ0n) is 8.96. The maximum absolute atomic E-state index is 2.33. The van der Waals surface area contributed by atoms with Crippen molar-refractivity contribution in [1.82, 2.24) is 4.57 Å². The van der Waals surface area contributed by atoms with Crippen LogP contribution < -0.4 is 0 Å². The van der Waals surface area contributed by atoms with Crippen LogP contribution in [0, 0.1) is 6.92 Å². The highest BCUT2D eigenvalue weighted by atomic mass is 14.9. The van der Waals surface area contributed by atoms with Gasteiger partial charge in [0.15, 0.2) is 0 Å². The van der Waals surface area contributed by atoms with Crippen molar-refractivity contribution in [3.05, 3.63) is 35.0 Å². The Morgan fingerprint density at radius 1 is 1.36 bits per heavy atom. The first-order chi connectivity index (χ1) is 6.68. The summed E-state index contributed by atoms with van der Waals surface area (Å²) in [6.07, 6.45) is 3.50. The minimum atomic E-state index is 0.759. The molecule has 0 aliphatic heterocycles. The number of rotatable bonds is 0. The van der Waals surface area contributed by atoms with Crippen LogP contribution in [-0.2, 0) is 13.5 Å². The number of benzene rings is 1. The molecule has 1 aliphatic carbocycles. The van der Waals surface area contributed by atoms with Gasteiger partial charge in [-0.05, 0) is 42.0 Å². The molecular formula is C13H15N. The lowest BCUT2D eigenvalue weighted by Gasteiger charge is -2.28. The molecule has 2 aromatic rings. The Morgan fingerprint density at radius 2 is 2.14 bits per heavy atom. The van der Waals surface area contributed by atoms with Gasteiger partial charge in [-0.1, -0.05) is 13.0 Å². The zero-order chi connectivity index (χ0) is 9.87. The van der Waals surface area contributed by atoms with Crippen molar-refractivity contribution in [2.75, 3.05) is 0 Å². The van der Waals surface area contributed by atoms with Gasteiger partial charge in [0, 0.05) is 24.1 Å². The van der Waals surface area contributed by atoms with Crippen molar-refractivity contribution >= 4 is 10.9 Å². The Balaban J connectivity index is 2.48. The van der Waals surface area contributed by atoms with Crippen LogP contribution in [0.15, 0.2) is 18.3 Å². The van der Waals surface area contributed by atoms with E-state index in [0.29, 0.717) is 0 Å². The summed E-state index contributed by atoms with van der Waals surface area (Å²) in [7, 11) is 2.13. The minimum absolute atomic E-state index is 0.759. The van der Waals surface area contributed by atoms with Gasteiger partial charge in [0.2, 0.25) is 0 Å². The largest absolute Gasteiger partial charge is 0.350 e. The van der Waals surface area contributed by atoms with Gasteiger partial charge in [0.05, 0.1) is 0 Å². The molecule has 0 unspecified atom stereocenters. The third-order valence-electron chi connectivity index (χ3n) is 3.49. The van der Waals surface area contributed by atoms with E-state index in [-0.39, 0.29) is 0 Å². The lowest BCUT2D eigenvalue weighted by Crippen LogP contribution is -2.14. The molecule has 0 bridgehead atoms. The van der Waals surface area contributed by atoms with Crippen molar-refractivity contribution in [3.8, 4) is 0 Å². The summed E-state index contributed by atoms with van der Waals surface area (Å²) in [5, 5.41) is 1.50. The fourth-order valence-corrected chi connectivity index (χ4v) is 2.83. The highest BCUT2D eigenvalue weighted by molar-refractivity contribution is 5.90. The maximum Gasteiger partial charge on any atom is 0.0483 e. The van der Waals surface area contributed by atoms with E-state index in [1.807, 2.05) is 0 Å². The number of hydrogen-bond acceptors (Lipinski definition) is 0. The van der Waals surface area contributed by atoms with Crippen molar-refractivity contribution in [3.63, 3.8) is 0 Å². The molecule has 1 aliphatic rings. The average molecular weight is 185 g/mol. The smallest absolute Gasteiger partial charge is 0.0483 e. The van der Waals surface area contributed by atoms with E-state index in [2.05, 4.69) is 43.8 Å². The first kappa shape index (κ1) is 8.10. The first-order valence-corrected chi connectivity index (χ1v) is 5.26. The van der Waals surface area contributed by atoms with Crippen LogP contribution in [0.25, 0.3) is 10.9 Å². The van der Waals surface area contributed by atoms with E-state index in [1.165, 1.54) is 22.9 Å². The van der Waals surface area contributed by atoms with Gasteiger partial charge < -0.3 is 4.57 Å². The van der Waals surface area contributed by atoms with Crippen LogP contribution >= 0.6 is 0 Å². The van der Waals surface area contributed by atoms with Crippen LogP contribution in [0.2, 0.25) is 0 Å². The zero-order valence-corrected chi connectivity index (χ0v) is 8.96. The molecule has 3 rings (SSSR count). The van der Waals surface area contributed by atoms with E-state index in [9.17, 15) is 0 Å². The van der Waals surface area contributed by atoms with Crippen LogP contribution in [0.4, 0.5) is 0 Å². The van der Waals surface area contributed by atoms with E-state index >= 15 is 0 Å². The van der Waals surface area contributed by atoms with E-state index in [1.54, 1.807) is 11.1 Å². The van der Waals surface area contributed by atoms with Crippen molar-refractivity contribution in [1.29, 1.82) is 0 Å².